The van der Waals surface area contributed by atoms with E-state index in [0.29, 0.717) is 5.92 Å². The summed E-state index contributed by atoms with van der Waals surface area (Å²) in [7, 11) is 0. The predicted molar refractivity (Wildman–Crippen MR) is 89.5 cm³/mol. The average molecular weight is 286 g/mol. The summed E-state index contributed by atoms with van der Waals surface area (Å²) >= 11 is 0. The molecule has 3 rings (SSSR count). The quantitative estimate of drug-likeness (QED) is 0.890. The number of hydrogen-bond acceptors (Lipinski definition) is 2. The van der Waals surface area contributed by atoms with E-state index in [1.54, 1.807) is 0 Å². The SMILES string of the molecule is CC1CCC(CN)(N2CCCCCCC2)c2ccccc21. The molecule has 0 aromatic heterocycles. The van der Waals surface area contributed by atoms with E-state index in [2.05, 4.69) is 36.1 Å². The molecule has 0 amide bonds. The minimum atomic E-state index is 0.0977. The van der Waals surface area contributed by atoms with Gasteiger partial charge in [-0.2, -0.15) is 0 Å². The van der Waals surface area contributed by atoms with Crippen LogP contribution >= 0.6 is 0 Å². The highest BCUT2D eigenvalue weighted by atomic mass is 15.2. The van der Waals surface area contributed by atoms with Gasteiger partial charge in [0.05, 0.1) is 5.54 Å². The third kappa shape index (κ3) is 2.76. The summed E-state index contributed by atoms with van der Waals surface area (Å²) in [5, 5.41) is 0. The van der Waals surface area contributed by atoms with Gasteiger partial charge < -0.3 is 5.73 Å². The zero-order chi connectivity index (χ0) is 14.7. The van der Waals surface area contributed by atoms with Crippen LogP contribution in [0.1, 0.15) is 68.9 Å². The van der Waals surface area contributed by atoms with Gasteiger partial charge in [-0.1, -0.05) is 50.5 Å². The Morgan fingerprint density at radius 1 is 1.10 bits per heavy atom. The van der Waals surface area contributed by atoms with E-state index in [0.717, 1.165) is 6.54 Å². The van der Waals surface area contributed by atoms with Crippen LogP contribution in [-0.4, -0.2) is 24.5 Å². The fraction of sp³-hybridized carbons (Fsp3) is 0.684. The topological polar surface area (TPSA) is 29.3 Å². The lowest BCUT2D eigenvalue weighted by Gasteiger charge is -2.49. The van der Waals surface area contributed by atoms with Crippen molar-refractivity contribution in [3.63, 3.8) is 0 Å². The molecule has 21 heavy (non-hydrogen) atoms. The van der Waals surface area contributed by atoms with Crippen LogP contribution in [-0.2, 0) is 5.54 Å². The minimum Gasteiger partial charge on any atom is -0.328 e. The van der Waals surface area contributed by atoms with Crippen molar-refractivity contribution in [2.45, 2.75) is 63.3 Å². The van der Waals surface area contributed by atoms with Gasteiger partial charge in [-0.05, 0) is 55.8 Å². The molecule has 1 aromatic carbocycles. The standard InChI is InChI=1S/C19H30N2/c1-16-11-12-19(15-20,18-10-6-5-9-17(16)18)21-13-7-3-2-4-8-14-21/h5-6,9-10,16H,2-4,7-8,11-15,20H2,1H3. The zero-order valence-corrected chi connectivity index (χ0v) is 13.5. The lowest BCUT2D eigenvalue weighted by molar-refractivity contribution is 0.0621. The third-order valence-electron chi connectivity index (χ3n) is 5.78. The fourth-order valence-electron chi connectivity index (χ4n) is 4.44. The van der Waals surface area contributed by atoms with E-state index in [1.807, 2.05) is 0 Å². The lowest BCUT2D eigenvalue weighted by Crippen LogP contribution is -2.54. The van der Waals surface area contributed by atoms with Crippen LogP contribution in [0.3, 0.4) is 0 Å². The number of benzene rings is 1. The average Bonchev–Trinajstić information content (AvgIpc) is 2.49. The summed E-state index contributed by atoms with van der Waals surface area (Å²) in [5.41, 5.74) is 9.53. The largest absolute Gasteiger partial charge is 0.328 e. The number of rotatable bonds is 2. The first-order valence-electron chi connectivity index (χ1n) is 8.82. The zero-order valence-electron chi connectivity index (χ0n) is 13.5. The van der Waals surface area contributed by atoms with E-state index in [-0.39, 0.29) is 5.54 Å². The van der Waals surface area contributed by atoms with Crippen molar-refractivity contribution in [2.75, 3.05) is 19.6 Å². The predicted octanol–water partition coefficient (Wildman–Crippen LogP) is 4.00. The first-order chi connectivity index (χ1) is 10.3. The number of nitrogens with zero attached hydrogens (tertiary/aromatic N) is 1. The van der Waals surface area contributed by atoms with Gasteiger partial charge in [0.25, 0.3) is 0 Å². The molecule has 116 valence electrons. The van der Waals surface area contributed by atoms with Crippen molar-refractivity contribution < 1.29 is 0 Å². The molecule has 2 aliphatic rings. The lowest BCUT2D eigenvalue weighted by atomic mass is 9.71. The summed E-state index contributed by atoms with van der Waals surface area (Å²) in [6.07, 6.45) is 9.34. The Balaban J connectivity index is 1.97. The van der Waals surface area contributed by atoms with Gasteiger partial charge in [0.1, 0.15) is 0 Å². The molecular weight excluding hydrogens is 256 g/mol. The molecule has 1 aliphatic carbocycles. The van der Waals surface area contributed by atoms with Crippen LogP contribution in [0, 0.1) is 0 Å². The number of fused-ring (bicyclic) bond motifs is 1. The molecule has 2 unspecified atom stereocenters. The Labute approximate surface area is 129 Å². The Bertz CT molecular complexity index is 462. The molecule has 0 bridgehead atoms. The second-order valence-corrected chi connectivity index (χ2v) is 7.02. The van der Waals surface area contributed by atoms with Gasteiger partial charge in [0, 0.05) is 6.54 Å². The molecule has 1 aromatic rings. The molecule has 1 aliphatic heterocycles. The number of likely N-dealkylation sites (tertiary alicyclic amines) is 1. The molecule has 1 fully saturated rings. The molecule has 0 spiro atoms. The molecule has 2 atom stereocenters. The van der Waals surface area contributed by atoms with E-state index in [1.165, 1.54) is 69.2 Å². The first kappa shape index (κ1) is 15.1. The molecular formula is C19H30N2. The van der Waals surface area contributed by atoms with Crippen LogP contribution in [0.25, 0.3) is 0 Å². The normalized spacial score (nSPS) is 31.2. The first-order valence-corrected chi connectivity index (χ1v) is 8.82. The Morgan fingerprint density at radius 2 is 1.76 bits per heavy atom. The molecule has 2 nitrogen and oxygen atoms in total. The fourth-order valence-corrected chi connectivity index (χ4v) is 4.44. The molecule has 2 heteroatoms. The monoisotopic (exact) mass is 286 g/mol. The van der Waals surface area contributed by atoms with Crippen molar-refractivity contribution in [1.82, 2.24) is 4.90 Å². The van der Waals surface area contributed by atoms with Crippen LogP contribution in [0.5, 0.6) is 0 Å². The Kier molecular flexibility index (Phi) is 4.66. The maximum atomic E-state index is 6.38. The van der Waals surface area contributed by atoms with Gasteiger partial charge in [-0.3, -0.25) is 4.90 Å². The van der Waals surface area contributed by atoms with Crippen LogP contribution in [0.15, 0.2) is 24.3 Å². The molecule has 2 N–H and O–H groups in total. The molecule has 0 radical (unpaired) electrons. The highest BCUT2D eigenvalue weighted by molar-refractivity contribution is 5.39. The van der Waals surface area contributed by atoms with Crippen molar-refractivity contribution >= 4 is 0 Å². The molecule has 0 saturated carbocycles. The van der Waals surface area contributed by atoms with Crippen molar-refractivity contribution in [3.8, 4) is 0 Å². The molecule has 1 heterocycles. The Hall–Kier alpha value is -0.860. The van der Waals surface area contributed by atoms with Gasteiger partial charge in [-0.15, -0.1) is 0 Å². The van der Waals surface area contributed by atoms with Gasteiger partial charge in [0.15, 0.2) is 0 Å². The van der Waals surface area contributed by atoms with E-state index >= 15 is 0 Å². The summed E-state index contributed by atoms with van der Waals surface area (Å²) in [4.78, 5) is 2.73. The van der Waals surface area contributed by atoms with E-state index < -0.39 is 0 Å². The minimum absolute atomic E-state index is 0.0977. The maximum absolute atomic E-state index is 6.38. The molecule has 1 saturated heterocycles. The highest BCUT2D eigenvalue weighted by Gasteiger charge is 2.41. The second kappa shape index (κ2) is 6.50. The summed E-state index contributed by atoms with van der Waals surface area (Å²) in [6.45, 7) is 5.57. The van der Waals surface area contributed by atoms with E-state index in [4.69, 9.17) is 5.73 Å². The summed E-state index contributed by atoms with van der Waals surface area (Å²) in [6, 6.07) is 9.06. The highest BCUT2D eigenvalue weighted by Crippen LogP contribution is 2.44. The van der Waals surface area contributed by atoms with Crippen molar-refractivity contribution in [1.29, 1.82) is 0 Å². The number of nitrogens with two attached hydrogens (primary N) is 1. The summed E-state index contributed by atoms with van der Waals surface area (Å²) < 4.78 is 0. The second-order valence-electron chi connectivity index (χ2n) is 7.02. The van der Waals surface area contributed by atoms with Gasteiger partial charge in [0.2, 0.25) is 0 Å². The van der Waals surface area contributed by atoms with E-state index in [9.17, 15) is 0 Å². The maximum Gasteiger partial charge on any atom is 0.0586 e. The number of hydrogen-bond donors (Lipinski definition) is 1. The van der Waals surface area contributed by atoms with Crippen molar-refractivity contribution in [3.05, 3.63) is 35.4 Å². The van der Waals surface area contributed by atoms with Crippen molar-refractivity contribution in [2.24, 2.45) is 5.73 Å². The van der Waals surface area contributed by atoms with Gasteiger partial charge in [-0.25, -0.2) is 0 Å². The van der Waals surface area contributed by atoms with Crippen LogP contribution < -0.4 is 5.73 Å². The van der Waals surface area contributed by atoms with Crippen LogP contribution in [0.4, 0.5) is 0 Å². The smallest absolute Gasteiger partial charge is 0.0586 e. The Morgan fingerprint density at radius 3 is 2.48 bits per heavy atom. The summed E-state index contributed by atoms with van der Waals surface area (Å²) in [5.74, 6) is 0.677. The van der Waals surface area contributed by atoms with Gasteiger partial charge >= 0.3 is 0 Å². The van der Waals surface area contributed by atoms with Crippen LogP contribution in [0.2, 0.25) is 0 Å². The third-order valence-corrected chi connectivity index (χ3v) is 5.78.